The molecule has 0 spiro atoms. The standard InChI is InChI=1S/C13H21NS/c1-10(2)8-14-9-13(7-11(13)3)12-5-4-6-15-12/h4-6,10-11,14H,7-9H2,1-3H3. The van der Waals surface area contributed by atoms with Crippen LogP contribution in [0.15, 0.2) is 17.5 Å². The first-order valence-electron chi connectivity index (χ1n) is 5.90. The van der Waals surface area contributed by atoms with Crippen molar-refractivity contribution >= 4 is 11.3 Å². The Kier molecular flexibility index (Phi) is 3.17. The van der Waals surface area contributed by atoms with E-state index in [1.807, 2.05) is 11.3 Å². The van der Waals surface area contributed by atoms with E-state index in [4.69, 9.17) is 0 Å². The summed E-state index contributed by atoms with van der Waals surface area (Å²) in [5.74, 6) is 1.61. The van der Waals surface area contributed by atoms with E-state index in [-0.39, 0.29) is 0 Å². The molecule has 2 rings (SSSR count). The summed E-state index contributed by atoms with van der Waals surface area (Å²) >= 11 is 1.91. The van der Waals surface area contributed by atoms with Gasteiger partial charge < -0.3 is 5.32 Å². The van der Waals surface area contributed by atoms with E-state index in [1.165, 1.54) is 6.42 Å². The number of nitrogens with one attached hydrogen (secondary N) is 1. The molecule has 2 unspecified atom stereocenters. The normalized spacial score (nSPS) is 29.7. The predicted molar refractivity (Wildman–Crippen MR) is 67.5 cm³/mol. The molecule has 0 radical (unpaired) electrons. The van der Waals surface area contributed by atoms with Crippen LogP contribution in [0.25, 0.3) is 0 Å². The smallest absolute Gasteiger partial charge is 0.0200 e. The summed E-state index contributed by atoms with van der Waals surface area (Å²) in [6.07, 6.45) is 1.36. The maximum Gasteiger partial charge on any atom is 0.0200 e. The maximum absolute atomic E-state index is 3.61. The molecule has 0 aliphatic heterocycles. The topological polar surface area (TPSA) is 12.0 Å². The van der Waals surface area contributed by atoms with Crippen molar-refractivity contribution in [1.82, 2.24) is 5.32 Å². The summed E-state index contributed by atoms with van der Waals surface area (Å²) in [6.45, 7) is 9.20. The molecule has 1 nitrogen and oxygen atoms in total. The van der Waals surface area contributed by atoms with Crippen LogP contribution in [0.3, 0.4) is 0 Å². The van der Waals surface area contributed by atoms with Gasteiger partial charge in [-0.25, -0.2) is 0 Å². The Bertz CT molecular complexity index is 304. The first-order chi connectivity index (χ1) is 7.15. The van der Waals surface area contributed by atoms with Crippen LogP contribution in [0.2, 0.25) is 0 Å². The molecule has 1 fully saturated rings. The van der Waals surface area contributed by atoms with Crippen LogP contribution in [-0.2, 0) is 5.41 Å². The molecule has 1 aliphatic rings. The van der Waals surface area contributed by atoms with Gasteiger partial charge in [0.2, 0.25) is 0 Å². The number of hydrogen-bond acceptors (Lipinski definition) is 2. The van der Waals surface area contributed by atoms with Gasteiger partial charge in [-0.3, -0.25) is 0 Å². The van der Waals surface area contributed by atoms with E-state index in [1.54, 1.807) is 4.88 Å². The zero-order valence-electron chi connectivity index (χ0n) is 9.92. The van der Waals surface area contributed by atoms with Crippen LogP contribution in [0.4, 0.5) is 0 Å². The lowest BCUT2D eigenvalue weighted by atomic mass is 10.0. The molecule has 1 N–H and O–H groups in total. The molecule has 84 valence electrons. The fourth-order valence-corrected chi connectivity index (χ4v) is 3.36. The molecule has 2 heteroatoms. The molecule has 2 atom stereocenters. The summed E-state index contributed by atoms with van der Waals surface area (Å²) in [6, 6.07) is 4.47. The third-order valence-corrected chi connectivity index (χ3v) is 4.55. The van der Waals surface area contributed by atoms with Crippen molar-refractivity contribution in [3.63, 3.8) is 0 Å². The Labute approximate surface area is 96.9 Å². The molecule has 15 heavy (non-hydrogen) atoms. The van der Waals surface area contributed by atoms with Crippen molar-refractivity contribution in [1.29, 1.82) is 0 Å². The van der Waals surface area contributed by atoms with Crippen molar-refractivity contribution in [2.45, 2.75) is 32.6 Å². The van der Waals surface area contributed by atoms with E-state index in [0.29, 0.717) is 5.41 Å². The van der Waals surface area contributed by atoms with Crippen LogP contribution in [0.5, 0.6) is 0 Å². The Morgan fingerprint density at radius 1 is 1.60 bits per heavy atom. The molecule has 0 saturated heterocycles. The minimum Gasteiger partial charge on any atom is -0.316 e. The van der Waals surface area contributed by atoms with Crippen LogP contribution in [-0.4, -0.2) is 13.1 Å². The molecule has 1 aliphatic carbocycles. The second kappa shape index (κ2) is 4.26. The molecule has 1 saturated carbocycles. The van der Waals surface area contributed by atoms with Gasteiger partial charge in [-0.1, -0.05) is 26.8 Å². The quantitative estimate of drug-likeness (QED) is 0.808. The van der Waals surface area contributed by atoms with Crippen LogP contribution in [0, 0.1) is 11.8 Å². The first-order valence-corrected chi connectivity index (χ1v) is 6.78. The molecule has 0 amide bonds. The van der Waals surface area contributed by atoms with Gasteiger partial charge in [-0.05, 0) is 36.2 Å². The molecular weight excluding hydrogens is 202 g/mol. The van der Waals surface area contributed by atoms with Gasteiger partial charge in [-0.15, -0.1) is 11.3 Å². The summed E-state index contributed by atoms with van der Waals surface area (Å²) in [7, 11) is 0. The average Bonchev–Trinajstić information content (AvgIpc) is 2.68. The third kappa shape index (κ3) is 2.26. The monoisotopic (exact) mass is 223 g/mol. The third-order valence-electron chi connectivity index (χ3n) is 3.46. The number of hydrogen-bond donors (Lipinski definition) is 1. The van der Waals surface area contributed by atoms with E-state index in [9.17, 15) is 0 Å². The second-order valence-corrected chi connectivity index (χ2v) is 6.21. The Morgan fingerprint density at radius 3 is 2.80 bits per heavy atom. The summed E-state index contributed by atoms with van der Waals surface area (Å²) < 4.78 is 0. The van der Waals surface area contributed by atoms with E-state index in [2.05, 4.69) is 43.6 Å². The zero-order chi connectivity index (χ0) is 10.9. The second-order valence-electron chi connectivity index (χ2n) is 5.26. The van der Waals surface area contributed by atoms with E-state index < -0.39 is 0 Å². The lowest BCUT2D eigenvalue weighted by Crippen LogP contribution is -2.30. The Hall–Kier alpha value is -0.340. The van der Waals surface area contributed by atoms with Gasteiger partial charge in [0.25, 0.3) is 0 Å². The Morgan fingerprint density at radius 2 is 2.33 bits per heavy atom. The minimum atomic E-state index is 0.475. The molecule has 1 aromatic heterocycles. The van der Waals surface area contributed by atoms with Crippen molar-refractivity contribution in [2.24, 2.45) is 11.8 Å². The maximum atomic E-state index is 3.61. The zero-order valence-corrected chi connectivity index (χ0v) is 10.7. The SMILES string of the molecule is CC(C)CNCC1(c2cccs2)CC1C. The number of thiophene rings is 1. The minimum absolute atomic E-state index is 0.475. The van der Waals surface area contributed by atoms with Gasteiger partial charge in [0.15, 0.2) is 0 Å². The predicted octanol–water partition coefficient (Wildman–Crippen LogP) is 3.27. The summed E-state index contributed by atoms with van der Waals surface area (Å²) in [5, 5.41) is 5.81. The van der Waals surface area contributed by atoms with Crippen LogP contribution < -0.4 is 5.32 Å². The molecular formula is C13H21NS. The number of rotatable bonds is 5. The summed E-state index contributed by atoms with van der Waals surface area (Å²) in [4.78, 5) is 1.58. The first kappa shape index (κ1) is 11.2. The highest BCUT2D eigenvalue weighted by molar-refractivity contribution is 7.10. The highest BCUT2D eigenvalue weighted by atomic mass is 32.1. The lowest BCUT2D eigenvalue weighted by molar-refractivity contribution is 0.497. The molecule has 0 aromatic carbocycles. The van der Waals surface area contributed by atoms with Crippen molar-refractivity contribution in [2.75, 3.05) is 13.1 Å². The Balaban J connectivity index is 1.93. The van der Waals surface area contributed by atoms with Gasteiger partial charge in [-0.2, -0.15) is 0 Å². The van der Waals surface area contributed by atoms with Crippen LogP contribution >= 0.6 is 11.3 Å². The van der Waals surface area contributed by atoms with Gasteiger partial charge in [0, 0.05) is 16.8 Å². The fraction of sp³-hybridized carbons (Fsp3) is 0.692. The van der Waals surface area contributed by atoms with Gasteiger partial charge >= 0.3 is 0 Å². The van der Waals surface area contributed by atoms with E-state index in [0.717, 1.165) is 24.9 Å². The largest absolute Gasteiger partial charge is 0.316 e. The van der Waals surface area contributed by atoms with Crippen molar-refractivity contribution in [3.8, 4) is 0 Å². The highest BCUT2D eigenvalue weighted by Crippen LogP contribution is 2.54. The summed E-state index contributed by atoms with van der Waals surface area (Å²) in [5.41, 5.74) is 0.475. The van der Waals surface area contributed by atoms with E-state index >= 15 is 0 Å². The molecule has 1 aromatic rings. The van der Waals surface area contributed by atoms with Crippen molar-refractivity contribution in [3.05, 3.63) is 22.4 Å². The van der Waals surface area contributed by atoms with Gasteiger partial charge in [0.1, 0.15) is 0 Å². The highest BCUT2D eigenvalue weighted by Gasteiger charge is 2.52. The molecule has 0 bridgehead atoms. The fourth-order valence-electron chi connectivity index (χ4n) is 2.31. The average molecular weight is 223 g/mol. The van der Waals surface area contributed by atoms with Crippen LogP contribution in [0.1, 0.15) is 32.1 Å². The van der Waals surface area contributed by atoms with Gasteiger partial charge in [0.05, 0.1) is 0 Å². The molecule has 1 heterocycles. The van der Waals surface area contributed by atoms with Crippen molar-refractivity contribution < 1.29 is 0 Å². The lowest BCUT2D eigenvalue weighted by Gasteiger charge is -2.17.